The lowest BCUT2D eigenvalue weighted by Gasteiger charge is -2.40. The number of aromatic nitrogens is 1. The lowest BCUT2D eigenvalue weighted by molar-refractivity contribution is -0.130. The fourth-order valence-corrected chi connectivity index (χ4v) is 3.82. The van der Waals surface area contributed by atoms with Crippen molar-refractivity contribution in [3.8, 4) is 0 Å². The number of rotatable bonds is 3. The number of guanidine groups is 1. The minimum atomic E-state index is -0.917. The van der Waals surface area contributed by atoms with E-state index in [0.717, 1.165) is 5.56 Å². The number of hydrogen-bond donors (Lipinski definition) is 1. The Labute approximate surface area is 157 Å². The van der Waals surface area contributed by atoms with Gasteiger partial charge in [-0.15, -0.1) is 0 Å². The standard InChI is InChI=1S/C20H21ClN4O/c1-20(16-11-15(21)9-10-23-16)17(18(26)25(2)19(22)24-20)14-7-5-13(6-8-14)12-3-4-12/h5-12,17H,3-4H2,1-2H3,(H2,22,24)/t17-,20-/m1/s1. The summed E-state index contributed by atoms with van der Waals surface area (Å²) in [7, 11) is 1.65. The second-order valence-corrected chi connectivity index (χ2v) is 7.68. The molecule has 2 aromatic rings. The van der Waals surface area contributed by atoms with E-state index in [-0.39, 0.29) is 11.9 Å². The van der Waals surface area contributed by atoms with Crippen LogP contribution in [0.1, 0.15) is 48.4 Å². The van der Waals surface area contributed by atoms with Crippen molar-refractivity contribution in [2.75, 3.05) is 7.05 Å². The van der Waals surface area contributed by atoms with Crippen molar-refractivity contribution in [1.82, 2.24) is 9.88 Å². The Morgan fingerprint density at radius 3 is 2.46 bits per heavy atom. The van der Waals surface area contributed by atoms with Gasteiger partial charge < -0.3 is 5.73 Å². The SMILES string of the molecule is CN1C(=O)[C@@H](c2ccc(C3CC3)cc2)[C@@](C)(c2cc(Cl)ccn2)N=C1N. The molecule has 0 unspecified atom stereocenters. The van der Waals surface area contributed by atoms with Crippen LogP contribution in [0.2, 0.25) is 5.02 Å². The number of carbonyl (C=O) groups excluding carboxylic acids is 1. The quantitative estimate of drug-likeness (QED) is 0.902. The van der Waals surface area contributed by atoms with Crippen molar-refractivity contribution in [2.45, 2.75) is 37.1 Å². The van der Waals surface area contributed by atoms with Crippen LogP contribution >= 0.6 is 11.6 Å². The van der Waals surface area contributed by atoms with Crippen molar-refractivity contribution in [1.29, 1.82) is 0 Å². The molecular formula is C20H21ClN4O. The highest BCUT2D eigenvalue weighted by Gasteiger charge is 2.48. The maximum Gasteiger partial charge on any atom is 0.239 e. The highest BCUT2D eigenvalue weighted by Crippen LogP contribution is 2.45. The number of amides is 1. The number of likely N-dealkylation sites (N-methyl/N-ethyl adjacent to an activating group) is 1. The Morgan fingerprint density at radius 2 is 1.85 bits per heavy atom. The third-order valence-corrected chi connectivity index (χ3v) is 5.62. The van der Waals surface area contributed by atoms with E-state index in [9.17, 15) is 4.79 Å². The van der Waals surface area contributed by atoms with E-state index < -0.39 is 11.5 Å². The van der Waals surface area contributed by atoms with Crippen molar-refractivity contribution >= 4 is 23.5 Å². The molecule has 5 nitrogen and oxygen atoms in total. The summed E-state index contributed by atoms with van der Waals surface area (Å²) in [5, 5.41) is 0.555. The smallest absolute Gasteiger partial charge is 0.239 e. The second-order valence-electron chi connectivity index (χ2n) is 7.25. The first-order valence-electron chi connectivity index (χ1n) is 8.75. The van der Waals surface area contributed by atoms with E-state index in [4.69, 9.17) is 17.3 Å². The number of carbonyl (C=O) groups is 1. The summed E-state index contributed by atoms with van der Waals surface area (Å²) >= 11 is 6.17. The van der Waals surface area contributed by atoms with Gasteiger partial charge in [0.15, 0.2) is 5.96 Å². The topological polar surface area (TPSA) is 71.6 Å². The summed E-state index contributed by atoms with van der Waals surface area (Å²) in [4.78, 5) is 23.7. The lowest BCUT2D eigenvalue weighted by atomic mass is 9.76. The number of hydrogen-bond acceptors (Lipinski definition) is 4. The molecule has 134 valence electrons. The summed E-state index contributed by atoms with van der Waals surface area (Å²) < 4.78 is 0. The molecule has 1 aliphatic carbocycles. The average Bonchev–Trinajstić information content (AvgIpc) is 3.46. The molecule has 1 aromatic carbocycles. The highest BCUT2D eigenvalue weighted by atomic mass is 35.5. The molecule has 2 heterocycles. The molecule has 2 atom stereocenters. The third kappa shape index (κ3) is 2.76. The van der Waals surface area contributed by atoms with Gasteiger partial charge in [-0.1, -0.05) is 35.9 Å². The van der Waals surface area contributed by atoms with Gasteiger partial charge >= 0.3 is 0 Å². The van der Waals surface area contributed by atoms with Crippen molar-refractivity contribution in [2.24, 2.45) is 10.7 Å². The monoisotopic (exact) mass is 368 g/mol. The zero-order chi connectivity index (χ0) is 18.5. The Hall–Kier alpha value is -2.40. The zero-order valence-electron chi connectivity index (χ0n) is 14.8. The minimum absolute atomic E-state index is 0.0963. The summed E-state index contributed by atoms with van der Waals surface area (Å²) in [6.45, 7) is 1.89. The molecule has 1 aliphatic heterocycles. The van der Waals surface area contributed by atoms with E-state index in [2.05, 4.69) is 22.1 Å². The van der Waals surface area contributed by atoms with Crippen LogP contribution in [-0.2, 0) is 10.3 Å². The Kier molecular flexibility index (Phi) is 3.99. The molecule has 2 aliphatic rings. The minimum Gasteiger partial charge on any atom is -0.369 e. The Bertz CT molecular complexity index is 891. The van der Waals surface area contributed by atoms with E-state index in [0.29, 0.717) is 16.6 Å². The van der Waals surface area contributed by atoms with Gasteiger partial charge in [-0.05, 0) is 48.9 Å². The van der Waals surface area contributed by atoms with Gasteiger partial charge in [0, 0.05) is 18.3 Å². The van der Waals surface area contributed by atoms with Crippen molar-refractivity contribution < 1.29 is 4.79 Å². The molecule has 6 heteroatoms. The first-order chi connectivity index (χ1) is 12.4. The molecule has 0 radical (unpaired) electrons. The number of aliphatic imine (C=N–C) groups is 1. The van der Waals surface area contributed by atoms with Gasteiger partial charge in [-0.25, -0.2) is 4.99 Å². The highest BCUT2D eigenvalue weighted by molar-refractivity contribution is 6.30. The van der Waals surface area contributed by atoms with E-state index in [1.807, 2.05) is 19.1 Å². The lowest BCUT2D eigenvalue weighted by Crippen LogP contribution is -2.52. The molecule has 1 amide bonds. The third-order valence-electron chi connectivity index (χ3n) is 5.39. The van der Waals surface area contributed by atoms with Crippen LogP contribution in [0.3, 0.4) is 0 Å². The van der Waals surface area contributed by atoms with Crippen LogP contribution in [0.25, 0.3) is 0 Å². The molecule has 0 bridgehead atoms. The van der Waals surface area contributed by atoms with E-state index >= 15 is 0 Å². The first-order valence-corrected chi connectivity index (χ1v) is 9.13. The number of benzene rings is 1. The van der Waals surface area contributed by atoms with E-state index in [1.54, 1.807) is 25.4 Å². The summed E-state index contributed by atoms with van der Waals surface area (Å²) in [6, 6.07) is 11.8. The number of nitrogens with two attached hydrogens (primary N) is 1. The summed E-state index contributed by atoms with van der Waals surface area (Å²) in [5.74, 6) is 0.244. The van der Waals surface area contributed by atoms with E-state index in [1.165, 1.54) is 23.3 Å². The van der Waals surface area contributed by atoms with Gasteiger partial charge in [0.2, 0.25) is 5.91 Å². The number of nitrogens with zero attached hydrogens (tertiary/aromatic N) is 3. The van der Waals surface area contributed by atoms with Crippen LogP contribution in [0.4, 0.5) is 0 Å². The Balaban J connectivity index is 1.84. The fraction of sp³-hybridized carbons (Fsp3) is 0.350. The van der Waals surface area contributed by atoms with Crippen LogP contribution in [0.15, 0.2) is 47.6 Å². The molecule has 2 N–H and O–H groups in total. The van der Waals surface area contributed by atoms with Gasteiger partial charge in [0.25, 0.3) is 0 Å². The molecular weight excluding hydrogens is 348 g/mol. The van der Waals surface area contributed by atoms with Crippen molar-refractivity contribution in [3.63, 3.8) is 0 Å². The molecule has 4 rings (SSSR count). The zero-order valence-corrected chi connectivity index (χ0v) is 15.6. The summed E-state index contributed by atoms with van der Waals surface area (Å²) in [6.07, 6.45) is 4.12. The maximum atomic E-state index is 13.1. The van der Waals surface area contributed by atoms with Gasteiger partial charge in [0.1, 0.15) is 5.54 Å². The predicted octanol–water partition coefficient (Wildman–Crippen LogP) is 3.40. The summed E-state index contributed by atoms with van der Waals surface area (Å²) in [5.41, 5.74) is 7.98. The maximum absolute atomic E-state index is 13.1. The molecule has 1 fully saturated rings. The number of pyridine rings is 1. The van der Waals surface area contributed by atoms with Crippen LogP contribution in [-0.4, -0.2) is 28.8 Å². The second kappa shape index (κ2) is 6.09. The van der Waals surface area contributed by atoms with Gasteiger partial charge in [-0.3, -0.25) is 14.7 Å². The Morgan fingerprint density at radius 1 is 1.19 bits per heavy atom. The van der Waals surface area contributed by atoms with Gasteiger partial charge in [0.05, 0.1) is 11.6 Å². The van der Waals surface area contributed by atoms with Crippen LogP contribution in [0.5, 0.6) is 0 Å². The van der Waals surface area contributed by atoms with Gasteiger partial charge in [-0.2, -0.15) is 0 Å². The largest absolute Gasteiger partial charge is 0.369 e. The van der Waals surface area contributed by atoms with Crippen LogP contribution < -0.4 is 5.73 Å². The normalized spacial score (nSPS) is 26.0. The number of halogens is 1. The predicted molar refractivity (Wildman–Crippen MR) is 102 cm³/mol. The first kappa shape index (κ1) is 17.0. The molecule has 1 saturated carbocycles. The van der Waals surface area contributed by atoms with Crippen LogP contribution in [0, 0.1) is 0 Å². The molecule has 0 spiro atoms. The molecule has 0 saturated heterocycles. The van der Waals surface area contributed by atoms with Crippen molar-refractivity contribution in [3.05, 3.63) is 64.4 Å². The fourth-order valence-electron chi connectivity index (χ4n) is 3.66. The molecule has 26 heavy (non-hydrogen) atoms. The molecule has 1 aromatic heterocycles. The average molecular weight is 369 g/mol.